The molecule has 0 saturated carbocycles. The molecule has 0 radical (unpaired) electrons. The molecule has 2 aromatic carbocycles. The van der Waals surface area contributed by atoms with Crippen molar-refractivity contribution in [3.63, 3.8) is 0 Å². The van der Waals surface area contributed by atoms with E-state index in [-0.39, 0.29) is 0 Å². The van der Waals surface area contributed by atoms with Crippen LogP contribution in [-0.4, -0.2) is 21.1 Å². The van der Waals surface area contributed by atoms with Crippen molar-refractivity contribution in [3.8, 4) is 6.07 Å². The van der Waals surface area contributed by atoms with Crippen molar-refractivity contribution in [1.82, 2.24) is 14.5 Å². The zero-order valence-corrected chi connectivity index (χ0v) is 15.5. The van der Waals surface area contributed by atoms with Crippen LogP contribution in [0.1, 0.15) is 23.1 Å². The molecule has 28 heavy (non-hydrogen) atoms. The van der Waals surface area contributed by atoms with Gasteiger partial charge in [-0.3, -0.25) is 0 Å². The van der Waals surface area contributed by atoms with Gasteiger partial charge in [-0.05, 0) is 24.0 Å². The minimum atomic E-state index is 0.570. The van der Waals surface area contributed by atoms with Crippen molar-refractivity contribution in [1.29, 1.82) is 5.26 Å². The maximum atomic E-state index is 9.50. The van der Waals surface area contributed by atoms with Crippen molar-refractivity contribution < 1.29 is 0 Å². The van der Waals surface area contributed by atoms with Gasteiger partial charge in [-0.2, -0.15) is 5.26 Å². The summed E-state index contributed by atoms with van der Waals surface area (Å²) in [6, 6.07) is 22.9. The summed E-state index contributed by atoms with van der Waals surface area (Å²) in [6.07, 6.45) is 5.40. The Morgan fingerprint density at radius 1 is 0.929 bits per heavy atom. The largest absolute Gasteiger partial charge is 0.368 e. The van der Waals surface area contributed by atoms with Crippen molar-refractivity contribution in [2.75, 3.05) is 11.9 Å². The van der Waals surface area contributed by atoms with Crippen LogP contribution in [0.3, 0.4) is 0 Å². The first-order valence-corrected chi connectivity index (χ1v) is 9.41. The van der Waals surface area contributed by atoms with E-state index in [9.17, 15) is 5.26 Å². The van der Waals surface area contributed by atoms with Gasteiger partial charge in [-0.1, -0.05) is 60.7 Å². The van der Waals surface area contributed by atoms with E-state index in [2.05, 4.69) is 62.3 Å². The van der Waals surface area contributed by atoms with Crippen LogP contribution in [0.15, 0.2) is 73.2 Å². The highest BCUT2D eigenvalue weighted by Gasteiger charge is 2.14. The Bertz CT molecular complexity index is 1090. The highest BCUT2D eigenvalue weighted by molar-refractivity contribution is 5.90. The molecule has 138 valence electrons. The lowest BCUT2D eigenvalue weighted by atomic mass is 10.1. The SMILES string of the molecule is N#Cc1cn(Cc2ccccc2)c2c(NCCCc3ccccc3)ncnc12. The number of aryl methyl sites for hydroxylation is 1. The summed E-state index contributed by atoms with van der Waals surface area (Å²) in [5, 5.41) is 12.9. The van der Waals surface area contributed by atoms with Gasteiger partial charge in [0.1, 0.15) is 23.4 Å². The smallest absolute Gasteiger partial charge is 0.154 e. The summed E-state index contributed by atoms with van der Waals surface area (Å²) >= 11 is 0. The van der Waals surface area contributed by atoms with E-state index in [4.69, 9.17) is 0 Å². The molecule has 0 aliphatic carbocycles. The topological polar surface area (TPSA) is 66.5 Å². The van der Waals surface area contributed by atoms with Gasteiger partial charge in [0.15, 0.2) is 5.82 Å². The van der Waals surface area contributed by atoms with Crippen molar-refractivity contribution in [2.45, 2.75) is 19.4 Å². The fraction of sp³-hybridized carbons (Fsp3) is 0.174. The summed E-state index contributed by atoms with van der Waals surface area (Å²) < 4.78 is 2.06. The molecule has 0 saturated heterocycles. The van der Waals surface area contributed by atoms with Gasteiger partial charge in [-0.25, -0.2) is 9.97 Å². The number of benzene rings is 2. The molecule has 0 bridgehead atoms. The number of rotatable bonds is 7. The van der Waals surface area contributed by atoms with Crippen molar-refractivity contribution in [3.05, 3.63) is 89.9 Å². The van der Waals surface area contributed by atoms with Crippen LogP contribution in [0.4, 0.5) is 5.82 Å². The minimum Gasteiger partial charge on any atom is -0.368 e. The van der Waals surface area contributed by atoms with Crippen molar-refractivity contribution in [2.24, 2.45) is 0 Å². The quantitative estimate of drug-likeness (QED) is 0.492. The predicted molar refractivity (Wildman–Crippen MR) is 111 cm³/mol. The van der Waals surface area contributed by atoms with E-state index in [1.165, 1.54) is 17.5 Å². The van der Waals surface area contributed by atoms with Crippen molar-refractivity contribution >= 4 is 16.9 Å². The van der Waals surface area contributed by atoms with Crippen LogP contribution in [-0.2, 0) is 13.0 Å². The van der Waals surface area contributed by atoms with Crippen LogP contribution < -0.4 is 5.32 Å². The number of fused-ring (bicyclic) bond motifs is 1. The Kier molecular flexibility index (Phi) is 5.30. The Labute approximate surface area is 164 Å². The number of hydrogen-bond donors (Lipinski definition) is 1. The summed E-state index contributed by atoms with van der Waals surface area (Å²) in [5.74, 6) is 0.774. The third kappa shape index (κ3) is 3.86. The summed E-state index contributed by atoms with van der Waals surface area (Å²) in [5.41, 5.74) is 4.64. The molecule has 4 aromatic rings. The minimum absolute atomic E-state index is 0.570. The molecule has 0 spiro atoms. The van der Waals surface area contributed by atoms with E-state index in [0.717, 1.165) is 30.7 Å². The maximum Gasteiger partial charge on any atom is 0.154 e. The van der Waals surface area contributed by atoms with Gasteiger partial charge >= 0.3 is 0 Å². The normalized spacial score (nSPS) is 10.7. The first-order chi connectivity index (χ1) is 13.8. The van der Waals surface area contributed by atoms with Gasteiger partial charge < -0.3 is 9.88 Å². The van der Waals surface area contributed by atoms with Gasteiger partial charge in [0.2, 0.25) is 0 Å². The molecular weight excluding hydrogens is 346 g/mol. The maximum absolute atomic E-state index is 9.50. The highest BCUT2D eigenvalue weighted by atomic mass is 15.1. The average Bonchev–Trinajstić information content (AvgIpc) is 3.11. The standard InChI is InChI=1S/C23H21N5/c24-14-20-16-28(15-19-10-5-2-6-11-19)22-21(20)26-17-27-23(22)25-13-7-12-18-8-3-1-4-9-18/h1-6,8-11,16-17H,7,12-13,15H2,(H,25,26,27). The van der Waals surface area contributed by atoms with Crippen LogP contribution in [0.2, 0.25) is 0 Å². The zero-order chi connectivity index (χ0) is 19.2. The molecule has 2 heterocycles. The molecular formula is C23H21N5. The number of nitrogens with zero attached hydrogens (tertiary/aromatic N) is 4. The predicted octanol–water partition coefficient (Wildman–Crippen LogP) is 4.40. The number of aromatic nitrogens is 3. The van der Waals surface area contributed by atoms with Crippen LogP contribution in [0.25, 0.3) is 11.0 Å². The molecule has 0 fully saturated rings. The lowest BCUT2D eigenvalue weighted by Crippen LogP contribution is -2.08. The Morgan fingerprint density at radius 2 is 1.64 bits per heavy atom. The van der Waals surface area contributed by atoms with E-state index in [1.807, 2.05) is 30.5 Å². The van der Waals surface area contributed by atoms with Gasteiger partial charge in [0.05, 0.1) is 5.56 Å². The molecule has 4 rings (SSSR count). The Morgan fingerprint density at radius 3 is 2.36 bits per heavy atom. The third-order valence-electron chi connectivity index (χ3n) is 4.74. The number of hydrogen-bond acceptors (Lipinski definition) is 4. The summed E-state index contributed by atoms with van der Waals surface area (Å²) in [6.45, 7) is 1.48. The lowest BCUT2D eigenvalue weighted by Gasteiger charge is -2.10. The molecule has 0 aliphatic heterocycles. The second-order valence-electron chi connectivity index (χ2n) is 6.70. The molecule has 2 aromatic heterocycles. The second kappa shape index (κ2) is 8.36. The Hall–Kier alpha value is -3.65. The molecule has 5 nitrogen and oxygen atoms in total. The van der Waals surface area contributed by atoms with Gasteiger partial charge in [-0.15, -0.1) is 0 Å². The highest BCUT2D eigenvalue weighted by Crippen LogP contribution is 2.25. The van der Waals surface area contributed by atoms with E-state index in [1.54, 1.807) is 0 Å². The monoisotopic (exact) mass is 367 g/mol. The first kappa shape index (κ1) is 17.7. The number of anilines is 1. The van der Waals surface area contributed by atoms with E-state index < -0.39 is 0 Å². The first-order valence-electron chi connectivity index (χ1n) is 9.41. The molecule has 1 N–H and O–H groups in total. The molecule has 0 atom stereocenters. The molecule has 0 unspecified atom stereocenters. The Balaban J connectivity index is 1.56. The number of nitriles is 1. The van der Waals surface area contributed by atoms with E-state index in [0.29, 0.717) is 17.6 Å². The van der Waals surface area contributed by atoms with Gasteiger partial charge in [0, 0.05) is 19.3 Å². The second-order valence-corrected chi connectivity index (χ2v) is 6.70. The summed E-state index contributed by atoms with van der Waals surface area (Å²) in [7, 11) is 0. The molecule has 0 aliphatic rings. The lowest BCUT2D eigenvalue weighted by molar-refractivity contribution is 0.827. The average molecular weight is 367 g/mol. The summed E-state index contributed by atoms with van der Waals surface area (Å²) in [4.78, 5) is 8.81. The third-order valence-corrected chi connectivity index (χ3v) is 4.74. The number of nitrogens with one attached hydrogen (secondary N) is 1. The van der Waals surface area contributed by atoms with Crippen LogP contribution in [0.5, 0.6) is 0 Å². The zero-order valence-electron chi connectivity index (χ0n) is 15.5. The fourth-order valence-electron chi connectivity index (χ4n) is 3.39. The van der Waals surface area contributed by atoms with E-state index >= 15 is 0 Å². The molecule has 0 amide bonds. The fourth-order valence-corrected chi connectivity index (χ4v) is 3.39. The molecule has 5 heteroatoms. The van der Waals surface area contributed by atoms with Crippen LogP contribution in [0, 0.1) is 11.3 Å². The van der Waals surface area contributed by atoms with Gasteiger partial charge in [0.25, 0.3) is 0 Å². The van der Waals surface area contributed by atoms with Crippen LogP contribution >= 0.6 is 0 Å².